The predicted molar refractivity (Wildman–Crippen MR) is 46.3 cm³/mol. The molecule has 0 atom stereocenters. The molecule has 0 unspecified atom stereocenters. The fourth-order valence-electron chi connectivity index (χ4n) is 0.977. The maximum Gasteiger partial charge on any atom is 0.161 e. The monoisotopic (exact) mass is 197 g/mol. The Morgan fingerprint density at radius 1 is 1.46 bits per heavy atom. The maximum absolute atomic E-state index is 12.6. The third-order valence-electron chi connectivity index (χ3n) is 1.53. The van der Waals surface area contributed by atoms with Crippen molar-refractivity contribution in [1.29, 1.82) is 0 Å². The van der Waals surface area contributed by atoms with E-state index in [1.807, 2.05) is 0 Å². The van der Waals surface area contributed by atoms with Crippen LogP contribution in [0.4, 0.5) is 4.39 Å². The maximum atomic E-state index is 12.6. The largest absolute Gasteiger partial charge is 0.244 e. The van der Waals surface area contributed by atoms with Gasteiger partial charge in [0, 0.05) is 12.3 Å². The van der Waals surface area contributed by atoms with E-state index < -0.39 is 0 Å². The summed E-state index contributed by atoms with van der Waals surface area (Å²) in [5.41, 5.74) is 0.684. The van der Waals surface area contributed by atoms with E-state index in [1.165, 1.54) is 17.1 Å². The van der Waals surface area contributed by atoms with Crippen LogP contribution in [-0.2, 0) is 0 Å². The van der Waals surface area contributed by atoms with Crippen molar-refractivity contribution in [3.63, 3.8) is 0 Å². The molecule has 3 nitrogen and oxygen atoms in total. The summed E-state index contributed by atoms with van der Waals surface area (Å²) in [6, 6.07) is 3.30. The van der Waals surface area contributed by atoms with E-state index in [9.17, 15) is 4.39 Å². The second-order valence-corrected chi connectivity index (χ2v) is 2.83. The highest BCUT2D eigenvalue weighted by Gasteiger charge is 2.00. The van der Waals surface area contributed by atoms with E-state index in [1.54, 1.807) is 12.1 Å². The number of rotatable bonds is 1. The molecule has 0 saturated heterocycles. The highest BCUT2D eigenvalue weighted by molar-refractivity contribution is 6.29. The average Bonchev–Trinajstić information content (AvgIpc) is 2.52. The second kappa shape index (κ2) is 3.14. The molecule has 2 heterocycles. The van der Waals surface area contributed by atoms with Gasteiger partial charge >= 0.3 is 0 Å². The molecule has 0 spiro atoms. The van der Waals surface area contributed by atoms with Crippen LogP contribution in [0, 0.1) is 5.82 Å². The molecule has 0 N–H and O–H groups in total. The van der Waals surface area contributed by atoms with Crippen LogP contribution in [0.15, 0.2) is 30.7 Å². The third-order valence-corrected chi connectivity index (χ3v) is 1.73. The van der Waals surface area contributed by atoms with E-state index in [4.69, 9.17) is 11.6 Å². The standard InChI is InChI=1S/C8H5ClFN3/c9-8-3-7(1-2-11-8)13-5-6(10)4-12-13/h1-5H. The molecule has 5 heteroatoms. The Kier molecular flexibility index (Phi) is 1.98. The van der Waals surface area contributed by atoms with Crippen molar-refractivity contribution in [2.24, 2.45) is 0 Å². The Morgan fingerprint density at radius 2 is 2.31 bits per heavy atom. The summed E-state index contributed by atoms with van der Waals surface area (Å²) in [4.78, 5) is 3.80. The molecular weight excluding hydrogens is 193 g/mol. The molecule has 2 rings (SSSR count). The zero-order valence-electron chi connectivity index (χ0n) is 6.48. The van der Waals surface area contributed by atoms with Crippen LogP contribution in [0.2, 0.25) is 5.15 Å². The fraction of sp³-hybridized carbons (Fsp3) is 0. The second-order valence-electron chi connectivity index (χ2n) is 2.44. The zero-order chi connectivity index (χ0) is 9.26. The van der Waals surface area contributed by atoms with Gasteiger partial charge in [-0.1, -0.05) is 11.6 Å². The van der Waals surface area contributed by atoms with Gasteiger partial charge in [0.2, 0.25) is 0 Å². The first kappa shape index (κ1) is 8.19. The summed E-state index contributed by atoms with van der Waals surface area (Å²) in [5.74, 6) is -0.382. The van der Waals surface area contributed by atoms with Crippen LogP contribution in [0.5, 0.6) is 0 Å². The van der Waals surface area contributed by atoms with E-state index in [0.29, 0.717) is 10.8 Å². The fourth-order valence-corrected chi connectivity index (χ4v) is 1.14. The van der Waals surface area contributed by atoms with Gasteiger partial charge in [0.1, 0.15) is 5.15 Å². The zero-order valence-corrected chi connectivity index (χ0v) is 7.24. The minimum absolute atomic E-state index is 0.355. The van der Waals surface area contributed by atoms with Crippen molar-refractivity contribution in [3.8, 4) is 5.69 Å². The predicted octanol–water partition coefficient (Wildman–Crippen LogP) is 2.06. The number of hydrogen-bond donors (Lipinski definition) is 0. The van der Waals surface area contributed by atoms with Crippen LogP contribution >= 0.6 is 11.6 Å². The van der Waals surface area contributed by atoms with Crippen molar-refractivity contribution in [2.75, 3.05) is 0 Å². The lowest BCUT2D eigenvalue weighted by Gasteiger charge is -1.99. The molecule has 0 aromatic carbocycles. The number of hydrogen-bond acceptors (Lipinski definition) is 2. The number of halogens is 2. The molecule has 13 heavy (non-hydrogen) atoms. The van der Waals surface area contributed by atoms with Gasteiger partial charge in [-0.3, -0.25) is 0 Å². The third kappa shape index (κ3) is 1.67. The molecule has 0 aliphatic heterocycles. The average molecular weight is 198 g/mol. The summed E-state index contributed by atoms with van der Waals surface area (Å²) in [6.07, 6.45) is 3.94. The lowest BCUT2D eigenvalue weighted by atomic mass is 10.4. The van der Waals surface area contributed by atoms with E-state index >= 15 is 0 Å². The van der Waals surface area contributed by atoms with Gasteiger partial charge in [0.15, 0.2) is 5.82 Å². The Bertz CT molecular complexity index is 427. The number of pyridine rings is 1. The summed E-state index contributed by atoms with van der Waals surface area (Å²) >= 11 is 5.66. The van der Waals surface area contributed by atoms with Crippen LogP contribution in [0.3, 0.4) is 0 Å². The molecule has 0 radical (unpaired) electrons. The number of aromatic nitrogens is 3. The Balaban J connectivity index is 2.46. The van der Waals surface area contributed by atoms with Crippen molar-refractivity contribution < 1.29 is 4.39 Å². The summed E-state index contributed by atoms with van der Waals surface area (Å²) in [6.45, 7) is 0. The normalized spacial score (nSPS) is 10.3. The smallest absolute Gasteiger partial charge is 0.161 e. The minimum Gasteiger partial charge on any atom is -0.244 e. The van der Waals surface area contributed by atoms with Gasteiger partial charge in [0.25, 0.3) is 0 Å². The lowest BCUT2D eigenvalue weighted by molar-refractivity contribution is 0.627. The summed E-state index contributed by atoms with van der Waals surface area (Å²) in [5, 5.41) is 4.14. The van der Waals surface area contributed by atoms with E-state index in [-0.39, 0.29) is 5.82 Å². The molecule has 66 valence electrons. The highest BCUT2D eigenvalue weighted by atomic mass is 35.5. The number of nitrogens with zero attached hydrogens (tertiary/aromatic N) is 3. The van der Waals surface area contributed by atoms with Gasteiger partial charge in [-0.2, -0.15) is 5.10 Å². The van der Waals surface area contributed by atoms with Crippen LogP contribution in [0.25, 0.3) is 5.69 Å². The van der Waals surface area contributed by atoms with Gasteiger partial charge in [-0.05, 0) is 6.07 Å². The van der Waals surface area contributed by atoms with Crippen LogP contribution < -0.4 is 0 Å². The summed E-state index contributed by atoms with van der Waals surface area (Å²) in [7, 11) is 0. The Hall–Kier alpha value is -1.42. The molecule has 2 aromatic rings. The molecule has 0 amide bonds. The Morgan fingerprint density at radius 3 is 2.92 bits per heavy atom. The lowest BCUT2D eigenvalue weighted by Crippen LogP contribution is -1.93. The van der Waals surface area contributed by atoms with Gasteiger partial charge in [-0.15, -0.1) is 0 Å². The first-order valence-electron chi connectivity index (χ1n) is 3.58. The van der Waals surface area contributed by atoms with Gasteiger partial charge < -0.3 is 0 Å². The van der Waals surface area contributed by atoms with Crippen molar-refractivity contribution in [1.82, 2.24) is 14.8 Å². The van der Waals surface area contributed by atoms with Crippen molar-refractivity contribution >= 4 is 11.6 Å². The molecule has 0 bridgehead atoms. The molecule has 0 fully saturated rings. The quantitative estimate of drug-likeness (QED) is 0.656. The van der Waals surface area contributed by atoms with Crippen molar-refractivity contribution in [3.05, 3.63) is 41.7 Å². The van der Waals surface area contributed by atoms with E-state index in [2.05, 4.69) is 10.1 Å². The SMILES string of the molecule is Fc1cnn(-c2ccnc(Cl)c2)c1. The molecule has 0 aliphatic rings. The van der Waals surface area contributed by atoms with Crippen LogP contribution in [0.1, 0.15) is 0 Å². The Labute approximate surface area is 78.8 Å². The first-order chi connectivity index (χ1) is 6.25. The molecular formula is C8H5ClFN3. The van der Waals surface area contributed by atoms with Crippen LogP contribution in [-0.4, -0.2) is 14.8 Å². The molecule has 0 aliphatic carbocycles. The highest BCUT2D eigenvalue weighted by Crippen LogP contribution is 2.11. The molecule has 0 saturated carbocycles. The minimum atomic E-state index is -0.382. The summed E-state index contributed by atoms with van der Waals surface area (Å²) < 4.78 is 14.0. The van der Waals surface area contributed by atoms with E-state index in [0.717, 1.165) is 6.20 Å². The molecule has 2 aromatic heterocycles. The first-order valence-corrected chi connectivity index (χ1v) is 3.95. The topological polar surface area (TPSA) is 30.7 Å². The van der Waals surface area contributed by atoms with Gasteiger partial charge in [-0.25, -0.2) is 14.1 Å². The van der Waals surface area contributed by atoms with Gasteiger partial charge in [0.05, 0.1) is 18.1 Å². The van der Waals surface area contributed by atoms with Crippen molar-refractivity contribution in [2.45, 2.75) is 0 Å².